The van der Waals surface area contributed by atoms with E-state index in [-0.39, 0.29) is 31.5 Å². The van der Waals surface area contributed by atoms with Gasteiger partial charge in [-0.05, 0) is 13.0 Å². The number of halogens is 2. The van der Waals surface area contributed by atoms with Gasteiger partial charge in [-0.1, -0.05) is 6.92 Å². The molecule has 0 aromatic rings. The van der Waals surface area contributed by atoms with E-state index in [1.807, 2.05) is 0 Å². The van der Waals surface area contributed by atoms with Crippen molar-refractivity contribution in [2.45, 2.75) is 25.3 Å². The third kappa shape index (κ3) is 1.93. The molecular formula is C8H15F2NO. The number of piperidine rings is 1. The van der Waals surface area contributed by atoms with Crippen LogP contribution >= 0.6 is 0 Å². The summed E-state index contributed by atoms with van der Waals surface area (Å²) in [5, 5.41) is 8.92. The monoisotopic (exact) mass is 179 g/mol. The molecule has 4 heteroatoms. The Morgan fingerprint density at radius 3 is 2.58 bits per heavy atom. The lowest BCUT2D eigenvalue weighted by atomic mass is 9.89. The summed E-state index contributed by atoms with van der Waals surface area (Å²) in [5.74, 6) is -2.72. The number of likely N-dealkylation sites (tertiary alicyclic amines) is 1. The quantitative estimate of drug-likeness (QED) is 0.648. The zero-order valence-electron chi connectivity index (χ0n) is 7.43. The molecule has 1 saturated heterocycles. The molecule has 2 nitrogen and oxygen atoms in total. The fourth-order valence-electron chi connectivity index (χ4n) is 1.91. The maximum Gasteiger partial charge on any atom is 0.260 e. The van der Waals surface area contributed by atoms with Gasteiger partial charge in [-0.2, -0.15) is 0 Å². The first-order valence-electron chi connectivity index (χ1n) is 4.15. The van der Waals surface area contributed by atoms with Gasteiger partial charge in [0, 0.05) is 12.5 Å². The smallest absolute Gasteiger partial charge is 0.260 e. The minimum atomic E-state index is -2.58. The summed E-state index contributed by atoms with van der Waals surface area (Å²) in [6.45, 7) is 1.49. The Balaban J connectivity index is 2.63. The Morgan fingerprint density at radius 1 is 1.58 bits per heavy atom. The maximum absolute atomic E-state index is 12.9. The Hall–Kier alpha value is -0.220. The summed E-state index contributed by atoms with van der Waals surface area (Å²) in [4.78, 5) is 1.54. The van der Waals surface area contributed by atoms with Crippen LogP contribution in [-0.2, 0) is 0 Å². The molecule has 1 fully saturated rings. The first-order chi connectivity index (χ1) is 5.46. The highest BCUT2D eigenvalue weighted by molar-refractivity contribution is 4.87. The van der Waals surface area contributed by atoms with E-state index < -0.39 is 5.92 Å². The number of likely N-dealkylation sites (N-methyl/N-ethyl adjacent to an activating group) is 1. The van der Waals surface area contributed by atoms with Crippen LogP contribution in [0, 0.1) is 5.92 Å². The molecule has 0 aromatic heterocycles. The predicted molar refractivity (Wildman–Crippen MR) is 42.2 cm³/mol. The van der Waals surface area contributed by atoms with E-state index in [2.05, 4.69) is 0 Å². The summed E-state index contributed by atoms with van der Waals surface area (Å²) < 4.78 is 25.8. The summed E-state index contributed by atoms with van der Waals surface area (Å²) in [6, 6.07) is -0.107. The zero-order chi connectivity index (χ0) is 9.35. The van der Waals surface area contributed by atoms with Gasteiger partial charge < -0.3 is 5.11 Å². The molecule has 0 radical (unpaired) electrons. The SMILES string of the molecule is CC1CC(F)(F)CN(C)C1CO. The van der Waals surface area contributed by atoms with Crippen molar-refractivity contribution < 1.29 is 13.9 Å². The molecule has 0 bridgehead atoms. The second-order valence-corrected chi connectivity index (χ2v) is 3.70. The van der Waals surface area contributed by atoms with Crippen LogP contribution in [0.3, 0.4) is 0 Å². The van der Waals surface area contributed by atoms with E-state index in [0.29, 0.717) is 0 Å². The van der Waals surface area contributed by atoms with E-state index in [1.165, 1.54) is 4.90 Å². The fourth-order valence-corrected chi connectivity index (χ4v) is 1.91. The van der Waals surface area contributed by atoms with Crippen molar-refractivity contribution >= 4 is 0 Å². The van der Waals surface area contributed by atoms with E-state index in [1.54, 1.807) is 14.0 Å². The van der Waals surface area contributed by atoms with Crippen molar-refractivity contribution in [1.29, 1.82) is 0 Å². The standard InChI is InChI=1S/C8H15F2NO/c1-6-3-8(9,10)5-11(2)7(6)4-12/h6-7,12H,3-5H2,1-2H3. The molecule has 0 saturated carbocycles. The van der Waals surface area contributed by atoms with Crippen molar-refractivity contribution in [2.75, 3.05) is 20.2 Å². The number of nitrogens with zero attached hydrogens (tertiary/aromatic N) is 1. The fraction of sp³-hybridized carbons (Fsp3) is 1.00. The Kier molecular flexibility index (Phi) is 2.68. The van der Waals surface area contributed by atoms with Crippen LogP contribution in [0.4, 0.5) is 8.78 Å². The first kappa shape index (κ1) is 9.86. The van der Waals surface area contributed by atoms with Crippen LogP contribution < -0.4 is 0 Å². The second kappa shape index (κ2) is 3.26. The number of aliphatic hydroxyl groups excluding tert-OH is 1. The molecule has 0 amide bonds. The Labute approximate surface area is 71.2 Å². The highest BCUT2D eigenvalue weighted by Gasteiger charge is 2.42. The maximum atomic E-state index is 12.9. The van der Waals surface area contributed by atoms with Crippen molar-refractivity contribution in [3.63, 3.8) is 0 Å². The Morgan fingerprint density at radius 2 is 2.17 bits per heavy atom. The van der Waals surface area contributed by atoms with Crippen LogP contribution in [0.5, 0.6) is 0 Å². The van der Waals surface area contributed by atoms with Gasteiger partial charge in [0.2, 0.25) is 0 Å². The lowest BCUT2D eigenvalue weighted by molar-refractivity contribution is -0.103. The predicted octanol–water partition coefficient (Wildman–Crippen LogP) is 0.954. The van der Waals surface area contributed by atoms with E-state index in [9.17, 15) is 8.78 Å². The minimum absolute atomic E-state index is 0.0340. The summed E-state index contributed by atoms with van der Waals surface area (Å²) >= 11 is 0. The molecular weight excluding hydrogens is 164 g/mol. The highest BCUT2D eigenvalue weighted by Crippen LogP contribution is 2.32. The number of rotatable bonds is 1. The van der Waals surface area contributed by atoms with E-state index >= 15 is 0 Å². The molecule has 1 aliphatic rings. The molecule has 0 aliphatic carbocycles. The lowest BCUT2D eigenvalue weighted by Crippen LogP contribution is -2.52. The van der Waals surface area contributed by atoms with Crippen LogP contribution in [0.15, 0.2) is 0 Å². The van der Waals surface area contributed by atoms with Gasteiger partial charge in [0.1, 0.15) is 0 Å². The molecule has 2 atom stereocenters. The van der Waals surface area contributed by atoms with E-state index in [4.69, 9.17) is 5.11 Å². The highest BCUT2D eigenvalue weighted by atomic mass is 19.3. The van der Waals surface area contributed by atoms with Crippen molar-refractivity contribution in [3.05, 3.63) is 0 Å². The molecule has 1 rings (SSSR count). The molecule has 0 spiro atoms. The van der Waals surface area contributed by atoms with Gasteiger partial charge in [0.25, 0.3) is 5.92 Å². The van der Waals surface area contributed by atoms with Crippen LogP contribution in [0.1, 0.15) is 13.3 Å². The summed E-state index contributed by atoms with van der Waals surface area (Å²) in [5.41, 5.74) is 0. The van der Waals surface area contributed by atoms with Crippen molar-refractivity contribution in [2.24, 2.45) is 5.92 Å². The van der Waals surface area contributed by atoms with Crippen molar-refractivity contribution in [3.8, 4) is 0 Å². The molecule has 1 heterocycles. The average molecular weight is 179 g/mol. The van der Waals surface area contributed by atoms with Crippen LogP contribution in [0.2, 0.25) is 0 Å². The van der Waals surface area contributed by atoms with E-state index in [0.717, 1.165) is 0 Å². The minimum Gasteiger partial charge on any atom is -0.395 e. The summed E-state index contributed by atoms with van der Waals surface area (Å²) in [6.07, 6.45) is -0.109. The van der Waals surface area contributed by atoms with Gasteiger partial charge in [-0.15, -0.1) is 0 Å². The van der Waals surface area contributed by atoms with Gasteiger partial charge in [-0.3, -0.25) is 4.90 Å². The average Bonchev–Trinajstić information content (AvgIpc) is 1.82. The number of hydrogen-bond acceptors (Lipinski definition) is 2. The molecule has 1 N–H and O–H groups in total. The largest absolute Gasteiger partial charge is 0.395 e. The van der Waals surface area contributed by atoms with Gasteiger partial charge in [-0.25, -0.2) is 8.78 Å². The third-order valence-corrected chi connectivity index (χ3v) is 2.51. The zero-order valence-corrected chi connectivity index (χ0v) is 7.43. The second-order valence-electron chi connectivity index (χ2n) is 3.70. The van der Waals surface area contributed by atoms with Crippen molar-refractivity contribution in [1.82, 2.24) is 4.90 Å². The Bertz CT molecular complexity index is 149. The van der Waals surface area contributed by atoms with Crippen LogP contribution in [-0.4, -0.2) is 42.2 Å². The molecule has 72 valence electrons. The summed E-state index contributed by atoms with van der Waals surface area (Å²) in [7, 11) is 1.63. The number of aliphatic hydroxyl groups is 1. The first-order valence-corrected chi connectivity index (χ1v) is 4.15. The molecule has 0 aromatic carbocycles. The van der Waals surface area contributed by atoms with Crippen LogP contribution in [0.25, 0.3) is 0 Å². The molecule has 2 unspecified atom stereocenters. The normalized spacial score (nSPS) is 36.8. The van der Waals surface area contributed by atoms with Gasteiger partial charge in [0.05, 0.1) is 13.2 Å². The third-order valence-electron chi connectivity index (χ3n) is 2.51. The molecule has 12 heavy (non-hydrogen) atoms. The topological polar surface area (TPSA) is 23.5 Å². The van der Waals surface area contributed by atoms with Gasteiger partial charge in [0.15, 0.2) is 0 Å². The van der Waals surface area contributed by atoms with Gasteiger partial charge >= 0.3 is 0 Å². The number of hydrogen-bond donors (Lipinski definition) is 1. The lowest BCUT2D eigenvalue weighted by Gasteiger charge is -2.40. The molecule has 1 aliphatic heterocycles. The number of alkyl halides is 2.